The van der Waals surface area contributed by atoms with Crippen molar-refractivity contribution in [1.29, 1.82) is 0 Å². The lowest BCUT2D eigenvalue weighted by Crippen LogP contribution is -2.12. The van der Waals surface area contributed by atoms with E-state index in [9.17, 15) is 4.79 Å². The first-order chi connectivity index (χ1) is 7.22. The van der Waals surface area contributed by atoms with E-state index in [1.807, 2.05) is 6.92 Å². The van der Waals surface area contributed by atoms with Crippen LogP contribution in [0.4, 0.5) is 0 Å². The van der Waals surface area contributed by atoms with Crippen LogP contribution in [0.5, 0.6) is 11.5 Å². The van der Waals surface area contributed by atoms with Crippen LogP contribution < -0.4 is 9.47 Å². The van der Waals surface area contributed by atoms with Crippen LogP contribution in [0.25, 0.3) is 0 Å². The van der Waals surface area contributed by atoms with Gasteiger partial charge in [0.25, 0.3) is 0 Å². The number of carbonyl (C=O) groups is 1. The Morgan fingerprint density at radius 1 is 1.67 bits per heavy atom. The van der Waals surface area contributed by atoms with Crippen molar-refractivity contribution in [1.82, 2.24) is 0 Å². The van der Waals surface area contributed by atoms with E-state index in [0.29, 0.717) is 23.7 Å². The molecule has 0 radical (unpaired) electrons. The molecule has 0 aromatic heterocycles. The first-order valence-corrected chi connectivity index (χ1v) is 4.84. The predicted octanol–water partition coefficient (Wildman–Crippen LogP) is 1.65. The van der Waals surface area contributed by atoms with Crippen LogP contribution >= 0.6 is 0 Å². The molecule has 0 amide bonds. The standard InChI is InChI=1S/C11H12O4/c1-2-14-7-3-4-10-8(5-7)9(6-15-10)11(12)13/h3-5,9H,2,6H2,1H3,(H,12,13). The number of rotatable bonds is 3. The van der Waals surface area contributed by atoms with Gasteiger partial charge in [0.1, 0.15) is 24.0 Å². The minimum absolute atomic E-state index is 0.209. The monoisotopic (exact) mass is 208 g/mol. The molecule has 1 aliphatic heterocycles. The molecule has 80 valence electrons. The lowest BCUT2D eigenvalue weighted by molar-refractivity contribution is -0.138. The number of aliphatic carboxylic acids is 1. The topological polar surface area (TPSA) is 55.8 Å². The van der Waals surface area contributed by atoms with Gasteiger partial charge in [-0.2, -0.15) is 0 Å². The number of carboxylic acid groups (broad SMARTS) is 1. The van der Waals surface area contributed by atoms with Gasteiger partial charge in [0.05, 0.1) is 6.61 Å². The zero-order valence-corrected chi connectivity index (χ0v) is 8.40. The van der Waals surface area contributed by atoms with Gasteiger partial charge in [-0.05, 0) is 25.1 Å². The Kier molecular flexibility index (Phi) is 2.49. The molecule has 15 heavy (non-hydrogen) atoms. The molecule has 0 aliphatic carbocycles. The molecule has 1 aromatic carbocycles. The molecule has 1 N–H and O–H groups in total. The molecule has 1 unspecified atom stereocenters. The number of carboxylic acids is 1. The zero-order chi connectivity index (χ0) is 10.8. The molecular weight excluding hydrogens is 196 g/mol. The Morgan fingerprint density at radius 2 is 2.47 bits per heavy atom. The quantitative estimate of drug-likeness (QED) is 0.820. The summed E-state index contributed by atoms with van der Waals surface area (Å²) in [5.41, 5.74) is 0.702. The highest BCUT2D eigenvalue weighted by atomic mass is 16.5. The SMILES string of the molecule is CCOc1ccc2c(c1)C(C(=O)O)CO2. The third-order valence-electron chi connectivity index (χ3n) is 2.37. The number of ether oxygens (including phenoxy) is 2. The normalized spacial score (nSPS) is 18.1. The van der Waals surface area contributed by atoms with Crippen LogP contribution in [0.3, 0.4) is 0 Å². The molecule has 0 bridgehead atoms. The Balaban J connectivity index is 2.33. The summed E-state index contributed by atoms with van der Waals surface area (Å²) in [6, 6.07) is 5.28. The second-order valence-electron chi connectivity index (χ2n) is 3.33. The minimum Gasteiger partial charge on any atom is -0.494 e. The van der Waals surface area contributed by atoms with Crippen LogP contribution in [0.2, 0.25) is 0 Å². The maximum atomic E-state index is 10.9. The van der Waals surface area contributed by atoms with Crippen molar-refractivity contribution in [2.75, 3.05) is 13.2 Å². The first kappa shape index (κ1) is 9.83. The van der Waals surface area contributed by atoms with E-state index >= 15 is 0 Å². The van der Waals surface area contributed by atoms with E-state index < -0.39 is 11.9 Å². The minimum atomic E-state index is -0.859. The Hall–Kier alpha value is -1.71. The predicted molar refractivity (Wildman–Crippen MR) is 53.5 cm³/mol. The van der Waals surface area contributed by atoms with Crippen LogP contribution in [0.1, 0.15) is 18.4 Å². The van der Waals surface area contributed by atoms with Crippen LogP contribution in [-0.4, -0.2) is 24.3 Å². The first-order valence-electron chi connectivity index (χ1n) is 4.84. The van der Waals surface area contributed by atoms with Gasteiger partial charge in [-0.15, -0.1) is 0 Å². The zero-order valence-electron chi connectivity index (χ0n) is 8.40. The molecular formula is C11H12O4. The van der Waals surface area contributed by atoms with E-state index in [1.54, 1.807) is 18.2 Å². The lowest BCUT2D eigenvalue weighted by Gasteiger charge is -2.06. The largest absolute Gasteiger partial charge is 0.494 e. The molecule has 1 heterocycles. The smallest absolute Gasteiger partial charge is 0.314 e. The van der Waals surface area contributed by atoms with Gasteiger partial charge in [-0.1, -0.05) is 0 Å². The molecule has 1 aromatic rings. The average Bonchev–Trinajstić information content (AvgIpc) is 2.61. The second kappa shape index (κ2) is 3.81. The van der Waals surface area contributed by atoms with Gasteiger partial charge in [0.2, 0.25) is 0 Å². The van der Waals surface area contributed by atoms with E-state index in [1.165, 1.54) is 0 Å². The summed E-state index contributed by atoms with van der Waals surface area (Å²) < 4.78 is 10.6. The molecule has 0 spiro atoms. The number of hydrogen-bond acceptors (Lipinski definition) is 3. The fraction of sp³-hybridized carbons (Fsp3) is 0.364. The summed E-state index contributed by atoms with van der Waals surface area (Å²) in [6.07, 6.45) is 0. The van der Waals surface area contributed by atoms with Gasteiger partial charge in [-0.25, -0.2) is 0 Å². The van der Waals surface area contributed by atoms with Crippen molar-refractivity contribution < 1.29 is 19.4 Å². The summed E-state index contributed by atoms with van der Waals surface area (Å²) >= 11 is 0. The molecule has 4 heteroatoms. The maximum absolute atomic E-state index is 10.9. The second-order valence-corrected chi connectivity index (χ2v) is 3.33. The Bertz CT molecular complexity index is 386. The molecule has 0 saturated heterocycles. The Morgan fingerprint density at radius 3 is 3.13 bits per heavy atom. The fourth-order valence-electron chi connectivity index (χ4n) is 1.65. The summed E-state index contributed by atoms with van der Waals surface area (Å²) in [5, 5.41) is 8.96. The van der Waals surface area contributed by atoms with Crippen LogP contribution in [-0.2, 0) is 4.79 Å². The molecule has 2 rings (SSSR count). The molecule has 1 aliphatic rings. The van der Waals surface area contributed by atoms with Gasteiger partial charge < -0.3 is 14.6 Å². The lowest BCUT2D eigenvalue weighted by atomic mass is 10.0. The average molecular weight is 208 g/mol. The van der Waals surface area contributed by atoms with E-state index in [4.69, 9.17) is 14.6 Å². The van der Waals surface area contributed by atoms with Crippen molar-refractivity contribution >= 4 is 5.97 Å². The summed E-state index contributed by atoms with van der Waals surface area (Å²) in [4.78, 5) is 10.9. The number of benzene rings is 1. The molecule has 1 atom stereocenters. The van der Waals surface area contributed by atoms with E-state index in [0.717, 1.165) is 0 Å². The highest BCUT2D eigenvalue weighted by Crippen LogP contribution is 2.36. The van der Waals surface area contributed by atoms with Crippen molar-refractivity contribution in [3.63, 3.8) is 0 Å². The van der Waals surface area contributed by atoms with Gasteiger partial charge >= 0.3 is 5.97 Å². The van der Waals surface area contributed by atoms with Crippen molar-refractivity contribution in [2.45, 2.75) is 12.8 Å². The number of fused-ring (bicyclic) bond motifs is 1. The van der Waals surface area contributed by atoms with Crippen LogP contribution in [0.15, 0.2) is 18.2 Å². The fourth-order valence-corrected chi connectivity index (χ4v) is 1.65. The van der Waals surface area contributed by atoms with Crippen molar-refractivity contribution in [2.24, 2.45) is 0 Å². The molecule has 4 nitrogen and oxygen atoms in total. The molecule has 0 fully saturated rings. The summed E-state index contributed by atoms with van der Waals surface area (Å²) in [6.45, 7) is 2.66. The summed E-state index contributed by atoms with van der Waals surface area (Å²) in [7, 11) is 0. The molecule has 0 saturated carbocycles. The maximum Gasteiger partial charge on any atom is 0.314 e. The Labute approximate surface area is 87.4 Å². The van der Waals surface area contributed by atoms with Crippen molar-refractivity contribution in [3.05, 3.63) is 23.8 Å². The highest BCUT2D eigenvalue weighted by molar-refractivity contribution is 5.78. The van der Waals surface area contributed by atoms with E-state index in [-0.39, 0.29) is 6.61 Å². The van der Waals surface area contributed by atoms with E-state index in [2.05, 4.69) is 0 Å². The van der Waals surface area contributed by atoms with Crippen molar-refractivity contribution in [3.8, 4) is 11.5 Å². The summed E-state index contributed by atoms with van der Waals surface area (Å²) in [5.74, 6) is -0.0957. The third kappa shape index (κ3) is 1.75. The van der Waals surface area contributed by atoms with Gasteiger partial charge in [0.15, 0.2) is 0 Å². The highest BCUT2D eigenvalue weighted by Gasteiger charge is 2.30. The van der Waals surface area contributed by atoms with Gasteiger partial charge in [-0.3, -0.25) is 4.79 Å². The number of hydrogen-bond donors (Lipinski definition) is 1. The third-order valence-corrected chi connectivity index (χ3v) is 2.37. The van der Waals surface area contributed by atoms with Gasteiger partial charge in [0, 0.05) is 5.56 Å². The van der Waals surface area contributed by atoms with Crippen LogP contribution in [0, 0.1) is 0 Å².